The first kappa shape index (κ1) is 8.89. The zero-order chi connectivity index (χ0) is 10.5. The highest BCUT2D eigenvalue weighted by Crippen LogP contribution is 2.51. The molecule has 1 aliphatic heterocycles. The highest BCUT2D eigenvalue weighted by molar-refractivity contribution is 5.95. The van der Waals surface area contributed by atoms with Crippen molar-refractivity contribution in [2.75, 3.05) is 0 Å². The highest BCUT2D eigenvalue weighted by Gasteiger charge is 2.50. The van der Waals surface area contributed by atoms with E-state index in [1.165, 1.54) is 0 Å². The molecule has 0 bridgehead atoms. The fourth-order valence-electron chi connectivity index (χ4n) is 2.78. The van der Waals surface area contributed by atoms with E-state index in [0.717, 1.165) is 24.1 Å². The standard InChI is InChI=1S/C12H13FN2/c13-12-7-3-5-9(12)8-4-1-2-6-10(8)15-11(12)14/h1-2,4,6,9H,3,5,7H2,(H2,14,15). The molecule has 78 valence electrons. The van der Waals surface area contributed by atoms with E-state index >= 15 is 0 Å². The minimum atomic E-state index is -1.38. The maximum absolute atomic E-state index is 14.6. The average Bonchev–Trinajstić information content (AvgIpc) is 2.63. The molecule has 0 aromatic heterocycles. The van der Waals surface area contributed by atoms with Gasteiger partial charge in [0.05, 0.1) is 5.69 Å². The predicted octanol–water partition coefficient (Wildman–Crippen LogP) is 2.66. The van der Waals surface area contributed by atoms with Gasteiger partial charge in [0.15, 0.2) is 5.67 Å². The number of hydrogen-bond acceptors (Lipinski definition) is 2. The van der Waals surface area contributed by atoms with Gasteiger partial charge in [-0.05, 0) is 30.9 Å². The third-order valence-electron chi connectivity index (χ3n) is 3.56. The van der Waals surface area contributed by atoms with Crippen molar-refractivity contribution in [3.05, 3.63) is 29.8 Å². The Balaban J connectivity index is 2.22. The third-order valence-corrected chi connectivity index (χ3v) is 3.56. The van der Waals surface area contributed by atoms with E-state index in [4.69, 9.17) is 5.73 Å². The molecule has 2 N–H and O–H groups in total. The third kappa shape index (κ3) is 1.06. The van der Waals surface area contributed by atoms with Gasteiger partial charge in [-0.25, -0.2) is 9.38 Å². The van der Waals surface area contributed by atoms with E-state index in [0.29, 0.717) is 6.42 Å². The molecule has 1 saturated carbocycles. The molecule has 1 heterocycles. The zero-order valence-corrected chi connectivity index (χ0v) is 8.41. The average molecular weight is 204 g/mol. The molecule has 2 unspecified atom stereocenters. The quantitative estimate of drug-likeness (QED) is 0.693. The molecule has 2 nitrogen and oxygen atoms in total. The summed E-state index contributed by atoms with van der Waals surface area (Å²) in [5, 5.41) is 0. The monoisotopic (exact) mass is 204 g/mol. The van der Waals surface area contributed by atoms with Crippen molar-refractivity contribution >= 4 is 11.5 Å². The van der Waals surface area contributed by atoms with Crippen LogP contribution >= 0.6 is 0 Å². The molecule has 0 radical (unpaired) electrons. The van der Waals surface area contributed by atoms with Gasteiger partial charge in [0.2, 0.25) is 0 Å². The van der Waals surface area contributed by atoms with Crippen LogP contribution in [0, 0.1) is 0 Å². The normalized spacial score (nSPS) is 33.1. The summed E-state index contributed by atoms with van der Waals surface area (Å²) in [6.07, 6.45) is 2.29. The van der Waals surface area contributed by atoms with Gasteiger partial charge in [0.25, 0.3) is 0 Å². The Morgan fingerprint density at radius 1 is 1.40 bits per heavy atom. The Bertz CT molecular complexity index is 441. The number of rotatable bonds is 0. The van der Waals surface area contributed by atoms with Gasteiger partial charge < -0.3 is 5.73 Å². The van der Waals surface area contributed by atoms with Gasteiger partial charge in [-0.3, -0.25) is 0 Å². The molecule has 2 atom stereocenters. The summed E-state index contributed by atoms with van der Waals surface area (Å²) in [7, 11) is 0. The first-order valence-electron chi connectivity index (χ1n) is 5.34. The number of amidine groups is 1. The Morgan fingerprint density at radius 3 is 3.07 bits per heavy atom. The van der Waals surface area contributed by atoms with Crippen LogP contribution in [0.2, 0.25) is 0 Å². The van der Waals surface area contributed by atoms with Gasteiger partial charge in [-0.1, -0.05) is 18.2 Å². The zero-order valence-electron chi connectivity index (χ0n) is 8.41. The maximum Gasteiger partial charge on any atom is 0.174 e. The van der Waals surface area contributed by atoms with Crippen molar-refractivity contribution in [1.82, 2.24) is 0 Å². The van der Waals surface area contributed by atoms with E-state index < -0.39 is 5.67 Å². The molecular weight excluding hydrogens is 191 g/mol. The lowest BCUT2D eigenvalue weighted by Gasteiger charge is -2.31. The Labute approximate surface area is 88.0 Å². The molecule has 0 saturated heterocycles. The van der Waals surface area contributed by atoms with E-state index in [1.54, 1.807) is 0 Å². The number of nitrogens with zero attached hydrogens (tertiary/aromatic N) is 1. The number of halogens is 1. The lowest BCUT2D eigenvalue weighted by molar-refractivity contribution is 0.232. The van der Waals surface area contributed by atoms with Gasteiger partial charge in [-0.2, -0.15) is 0 Å². The highest BCUT2D eigenvalue weighted by atomic mass is 19.1. The lowest BCUT2D eigenvalue weighted by Crippen LogP contribution is -2.43. The SMILES string of the molecule is NC1=Nc2ccccc2C2CCCC12F. The van der Waals surface area contributed by atoms with Crippen LogP contribution in [0.3, 0.4) is 0 Å². The maximum atomic E-state index is 14.6. The van der Waals surface area contributed by atoms with Crippen molar-refractivity contribution in [2.45, 2.75) is 30.8 Å². The molecule has 3 rings (SSSR count). The van der Waals surface area contributed by atoms with Crippen LogP contribution in [-0.4, -0.2) is 11.5 Å². The summed E-state index contributed by atoms with van der Waals surface area (Å²) in [6, 6.07) is 7.72. The molecule has 1 aromatic carbocycles. The summed E-state index contributed by atoms with van der Waals surface area (Å²) in [4.78, 5) is 4.18. The number of aliphatic imine (C=N–C) groups is 1. The molecule has 1 aliphatic carbocycles. The number of fused-ring (bicyclic) bond motifs is 3. The van der Waals surface area contributed by atoms with Gasteiger partial charge >= 0.3 is 0 Å². The van der Waals surface area contributed by atoms with Crippen LogP contribution in [0.4, 0.5) is 10.1 Å². The van der Waals surface area contributed by atoms with Crippen LogP contribution in [0.25, 0.3) is 0 Å². The van der Waals surface area contributed by atoms with E-state index in [1.807, 2.05) is 24.3 Å². The number of alkyl halides is 1. The molecule has 15 heavy (non-hydrogen) atoms. The predicted molar refractivity (Wildman–Crippen MR) is 58.2 cm³/mol. The minimum absolute atomic E-state index is 0.0776. The Morgan fingerprint density at radius 2 is 2.20 bits per heavy atom. The lowest BCUT2D eigenvalue weighted by atomic mass is 9.82. The van der Waals surface area contributed by atoms with Crippen LogP contribution in [-0.2, 0) is 0 Å². The molecular formula is C12H13FN2. The van der Waals surface area contributed by atoms with Crippen LogP contribution < -0.4 is 5.73 Å². The van der Waals surface area contributed by atoms with Gasteiger partial charge in [-0.15, -0.1) is 0 Å². The summed E-state index contributed by atoms with van der Waals surface area (Å²) in [5.41, 5.74) is 6.23. The van der Waals surface area contributed by atoms with Crippen molar-refractivity contribution in [3.8, 4) is 0 Å². The van der Waals surface area contributed by atoms with Crippen molar-refractivity contribution in [2.24, 2.45) is 10.7 Å². The summed E-state index contributed by atoms with van der Waals surface area (Å²) in [6.45, 7) is 0. The van der Waals surface area contributed by atoms with Gasteiger partial charge in [0.1, 0.15) is 5.84 Å². The summed E-state index contributed by atoms with van der Waals surface area (Å²) < 4.78 is 14.6. The second-order valence-corrected chi connectivity index (χ2v) is 4.36. The van der Waals surface area contributed by atoms with E-state index in [9.17, 15) is 4.39 Å². The second-order valence-electron chi connectivity index (χ2n) is 4.36. The fourth-order valence-corrected chi connectivity index (χ4v) is 2.78. The molecule has 0 amide bonds. The number of para-hydroxylation sites is 1. The minimum Gasteiger partial charge on any atom is -0.384 e. The van der Waals surface area contributed by atoms with E-state index in [2.05, 4.69) is 4.99 Å². The molecule has 1 fully saturated rings. The number of hydrogen-bond donors (Lipinski definition) is 1. The number of benzene rings is 1. The topological polar surface area (TPSA) is 38.4 Å². The van der Waals surface area contributed by atoms with Crippen molar-refractivity contribution in [1.29, 1.82) is 0 Å². The van der Waals surface area contributed by atoms with Crippen LogP contribution in [0.1, 0.15) is 30.7 Å². The largest absolute Gasteiger partial charge is 0.384 e. The van der Waals surface area contributed by atoms with Crippen molar-refractivity contribution < 1.29 is 4.39 Å². The fraction of sp³-hybridized carbons (Fsp3) is 0.417. The summed E-state index contributed by atoms with van der Waals surface area (Å²) >= 11 is 0. The summed E-state index contributed by atoms with van der Waals surface area (Å²) in [5.74, 6) is 0.0925. The van der Waals surface area contributed by atoms with Crippen molar-refractivity contribution in [3.63, 3.8) is 0 Å². The van der Waals surface area contributed by atoms with Gasteiger partial charge in [0, 0.05) is 5.92 Å². The van der Waals surface area contributed by atoms with Crippen LogP contribution in [0.15, 0.2) is 29.3 Å². The Kier molecular flexibility index (Phi) is 1.67. The molecule has 1 aromatic rings. The smallest absolute Gasteiger partial charge is 0.174 e. The van der Waals surface area contributed by atoms with Crippen LogP contribution in [0.5, 0.6) is 0 Å². The number of nitrogens with two attached hydrogens (primary N) is 1. The molecule has 2 aliphatic rings. The molecule has 0 spiro atoms. The van der Waals surface area contributed by atoms with E-state index in [-0.39, 0.29) is 11.8 Å². The first-order valence-corrected chi connectivity index (χ1v) is 5.34. The second kappa shape index (κ2) is 2.81. The first-order chi connectivity index (χ1) is 7.22. The molecule has 3 heteroatoms. The Hall–Kier alpha value is -1.38.